The molecule has 0 aromatic heterocycles. The van der Waals surface area contributed by atoms with Crippen LogP contribution in [0.1, 0.15) is 183 Å². The predicted molar refractivity (Wildman–Crippen MR) is 179 cm³/mol. The van der Waals surface area contributed by atoms with E-state index in [0.717, 1.165) is 44.9 Å². The SMILES string of the molecule is CCCCCCCCCCCCCCCCCC(=O)OC/C=C(\C)CC/C=C(\C)CC/C=C(\C)CCC=C(C)C. The van der Waals surface area contributed by atoms with Gasteiger partial charge in [0.25, 0.3) is 0 Å². The molecular formula is C38H68O2. The van der Waals surface area contributed by atoms with Crippen molar-refractivity contribution in [2.24, 2.45) is 0 Å². The van der Waals surface area contributed by atoms with E-state index in [4.69, 9.17) is 4.74 Å². The van der Waals surface area contributed by atoms with Crippen molar-refractivity contribution in [3.05, 3.63) is 46.6 Å². The van der Waals surface area contributed by atoms with E-state index in [9.17, 15) is 4.79 Å². The summed E-state index contributed by atoms with van der Waals surface area (Å²) >= 11 is 0. The molecule has 0 aromatic carbocycles. The Morgan fingerprint density at radius 3 is 1.27 bits per heavy atom. The van der Waals surface area contributed by atoms with Crippen molar-refractivity contribution in [2.45, 2.75) is 183 Å². The van der Waals surface area contributed by atoms with E-state index in [1.165, 1.54) is 112 Å². The van der Waals surface area contributed by atoms with Gasteiger partial charge < -0.3 is 4.74 Å². The van der Waals surface area contributed by atoms with Crippen LogP contribution in [0.3, 0.4) is 0 Å². The topological polar surface area (TPSA) is 26.3 Å². The van der Waals surface area contributed by atoms with Crippen molar-refractivity contribution >= 4 is 5.97 Å². The molecule has 0 atom stereocenters. The van der Waals surface area contributed by atoms with E-state index in [0.29, 0.717) is 13.0 Å². The number of hydrogen-bond acceptors (Lipinski definition) is 2. The standard InChI is InChI=1S/C38H68O2/c1-7-8-9-10-11-12-13-14-15-16-17-18-19-20-21-31-38(39)40-33-32-37(6)30-24-29-36(5)28-23-27-35(4)26-22-25-34(2)3/h25,27,29,32H,7-24,26,28,30-31,33H2,1-6H3/b35-27+,36-29+,37-32+. The van der Waals surface area contributed by atoms with Crippen LogP contribution in [0.15, 0.2) is 46.6 Å². The van der Waals surface area contributed by atoms with Crippen molar-refractivity contribution in [2.75, 3.05) is 6.61 Å². The fraction of sp³-hybridized carbons (Fsp3) is 0.763. The molecule has 0 rings (SSSR count). The molecule has 0 heterocycles. The Hall–Kier alpha value is -1.57. The molecule has 232 valence electrons. The molecule has 0 saturated heterocycles. The van der Waals surface area contributed by atoms with Gasteiger partial charge in [0.1, 0.15) is 6.61 Å². The summed E-state index contributed by atoms with van der Waals surface area (Å²) in [4.78, 5) is 12.0. The monoisotopic (exact) mass is 557 g/mol. The first-order valence-electron chi connectivity index (χ1n) is 17.1. The lowest BCUT2D eigenvalue weighted by Gasteiger charge is -2.05. The van der Waals surface area contributed by atoms with Gasteiger partial charge in [-0.05, 0) is 85.6 Å². The second-order valence-corrected chi connectivity index (χ2v) is 12.4. The van der Waals surface area contributed by atoms with E-state index in [1.54, 1.807) is 0 Å². The van der Waals surface area contributed by atoms with Crippen molar-refractivity contribution in [3.8, 4) is 0 Å². The van der Waals surface area contributed by atoms with Gasteiger partial charge in [-0.15, -0.1) is 0 Å². The third-order valence-corrected chi connectivity index (χ3v) is 7.81. The fourth-order valence-corrected chi connectivity index (χ4v) is 4.98. The van der Waals surface area contributed by atoms with Gasteiger partial charge in [0.05, 0.1) is 0 Å². The molecule has 0 amide bonds. The summed E-state index contributed by atoms with van der Waals surface area (Å²) in [6.45, 7) is 13.7. The molecule has 0 radical (unpaired) electrons. The number of esters is 1. The zero-order valence-electron chi connectivity index (χ0n) is 27.9. The summed E-state index contributed by atoms with van der Waals surface area (Å²) in [5.74, 6) is -0.0429. The van der Waals surface area contributed by atoms with Gasteiger partial charge in [-0.2, -0.15) is 0 Å². The lowest BCUT2D eigenvalue weighted by molar-refractivity contribution is -0.142. The molecule has 0 saturated carbocycles. The molecule has 2 nitrogen and oxygen atoms in total. The normalized spacial score (nSPS) is 12.6. The summed E-state index contributed by atoms with van der Waals surface area (Å²) < 4.78 is 5.43. The van der Waals surface area contributed by atoms with Gasteiger partial charge in [0.2, 0.25) is 0 Å². The molecule has 0 fully saturated rings. The molecule has 0 spiro atoms. The van der Waals surface area contributed by atoms with Gasteiger partial charge in [0, 0.05) is 6.42 Å². The predicted octanol–water partition coefficient (Wildman–Crippen LogP) is 12.9. The van der Waals surface area contributed by atoms with E-state index >= 15 is 0 Å². The highest BCUT2D eigenvalue weighted by molar-refractivity contribution is 5.69. The Kier molecular flexibility index (Phi) is 27.8. The molecular weight excluding hydrogens is 488 g/mol. The summed E-state index contributed by atoms with van der Waals surface area (Å²) in [6.07, 6.45) is 36.6. The van der Waals surface area contributed by atoms with Gasteiger partial charge in [0.15, 0.2) is 0 Å². The van der Waals surface area contributed by atoms with Crippen LogP contribution < -0.4 is 0 Å². The van der Waals surface area contributed by atoms with Crippen molar-refractivity contribution < 1.29 is 9.53 Å². The molecule has 0 bridgehead atoms. The average molecular weight is 557 g/mol. The first-order valence-corrected chi connectivity index (χ1v) is 17.1. The highest BCUT2D eigenvalue weighted by Crippen LogP contribution is 2.15. The quantitative estimate of drug-likeness (QED) is 0.0571. The minimum atomic E-state index is -0.0429. The van der Waals surface area contributed by atoms with E-state index in [2.05, 4.69) is 65.8 Å². The molecule has 0 aliphatic carbocycles. The fourth-order valence-electron chi connectivity index (χ4n) is 4.98. The Morgan fingerprint density at radius 2 is 0.850 bits per heavy atom. The smallest absolute Gasteiger partial charge is 0.306 e. The van der Waals surface area contributed by atoms with Gasteiger partial charge in [-0.1, -0.05) is 137 Å². The maximum atomic E-state index is 12.0. The number of hydrogen-bond donors (Lipinski definition) is 0. The maximum absolute atomic E-state index is 12.0. The van der Waals surface area contributed by atoms with Crippen LogP contribution in [0.5, 0.6) is 0 Å². The Bertz CT molecular complexity index is 718. The van der Waals surface area contributed by atoms with Crippen molar-refractivity contribution in [1.82, 2.24) is 0 Å². The Labute approximate surface area is 251 Å². The second kappa shape index (κ2) is 28.9. The van der Waals surface area contributed by atoms with E-state index in [-0.39, 0.29) is 5.97 Å². The number of carbonyl (C=O) groups is 1. The second-order valence-electron chi connectivity index (χ2n) is 12.4. The molecule has 0 unspecified atom stereocenters. The molecule has 0 aromatic rings. The summed E-state index contributed by atoms with van der Waals surface area (Å²) in [5.41, 5.74) is 5.68. The Morgan fingerprint density at radius 1 is 0.475 bits per heavy atom. The van der Waals surface area contributed by atoms with Gasteiger partial charge in [-0.25, -0.2) is 0 Å². The van der Waals surface area contributed by atoms with Gasteiger partial charge in [-0.3, -0.25) is 4.79 Å². The van der Waals surface area contributed by atoms with Crippen LogP contribution in [-0.2, 0) is 9.53 Å². The van der Waals surface area contributed by atoms with Crippen LogP contribution in [0, 0.1) is 0 Å². The van der Waals surface area contributed by atoms with Crippen molar-refractivity contribution in [3.63, 3.8) is 0 Å². The average Bonchev–Trinajstić information content (AvgIpc) is 2.90. The third-order valence-electron chi connectivity index (χ3n) is 7.81. The molecule has 0 aliphatic rings. The molecule has 0 aliphatic heterocycles. The Balaban J connectivity index is 3.66. The first kappa shape index (κ1) is 38.4. The van der Waals surface area contributed by atoms with Crippen LogP contribution >= 0.6 is 0 Å². The van der Waals surface area contributed by atoms with Crippen LogP contribution in [0.2, 0.25) is 0 Å². The number of allylic oxidation sites excluding steroid dienone is 7. The third kappa shape index (κ3) is 29.4. The summed E-state index contributed by atoms with van der Waals surface area (Å²) in [7, 11) is 0. The zero-order chi connectivity index (χ0) is 29.7. The van der Waals surface area contributed by atoms with Crippen LogP contribution in [0.4, 0.5) is 0 Å². The molecule has 2 heteroatoms. The van der Waals surface area contributed by atoms with Crippen LogP contribution in [0.25, 0.3) is 0 Å². The summed E-state index contributed by atoms with van der Waals surface area (Å²) in [5, 5.41) is 0. The largest absolute Gasteiger partial charge is 0.461 e. The number of unbranched alkanes of at least 4 members (excludes halogenated alkanes) is 14. The van der Waals surface area contributed by atoms with Crippen LogP contribution in [-0.4, -0.2) is 12.6 Å². The summed E-state index contributed by atoms with van der Waals surface area (Å²) in [6, 6.07) is 0. The van der Waals surface area contributed by atoms with E-state index in [1.807, 2.05) is 0 Å². The van der Waals surface area contributed by atoms with Crippen molar-refractivity contribution in [1.29, 1.82) is 0 Å². The zero-order valence-corrected chi connectivity index (χ0v) is 27.9. The highest BCUT2D eigenvalue weighted by atomic mass is 16.5. The molecule has 40 heavy (non-hydrogen) atoms. The highest BCUT2D eigenvalue weighted by Gasteiger charge is 2.02. The minimum absolute atomic E-state index is 0.0429. The maximum Gasteiger partial charge on any atom is 0.306 e. The lowest BCUT2D eigenvalue weighted by Crippen LogP contribution is -2.04. The minimum Gasteiger partial charge on any atom is -0.461 e. The number of ether oxygens (including phenoxy) is 1. The molecule has 0 N–H and O–H groups in total. The van der Waals surface area contributed by atoms with E-state index < -0.39 is 0 Å². The lowest BCUT2D eigenvalue weighted by atomic mass is 10.0. The number of carbonyl (C=O) groups excluding carboxylic acids is 1. The van der Waals surface area contributed by atoms with Gasteiger partial charge >= 0.3 is 5.97 Å². The first-order chi connectivity index (χ1) is 19.3. The number of rotatable bonds is 27.